The largest absolute Gasteiger partial charge is 0.312 e. The lowest BCUT2D eigenvalue weighted by Gasteiger charge is -2.26. The van der Waals surface area contributed by atoms with Gasteiger partial charge in [-0.25, -0.2) is 0 Å². The molecule has 2 unspecified atom stereocenters. The summed E-state index contributed by atoms with van der Waals surface area (Å²) < 4.78 is 0. The average Bonchev–Trinajstić information content (AvgIpc) is 2.53. The normalized spacial score (nSPS) is 27.1. The fourth-order valence-electron chi connectivity index (χ4n) is 2.18. The van der Waals surface area contributed by atoms with Crippen LogP contribution < -0.4 is 5.32 Å². The third-order valence-corrected chi connectivity index (χ3v) is 3.08. The van der Waals surface area contributed by atoms with Crippen LogP contribution in [0.2, 0.25) is 0 Å². The summed E-state index contributed by atoms with van der Waals surface area (Å²) in [5.41, 5.74) is 0. The first-order valence-electron chi connectivity index (χ1n) is 5.84. The maximum Gasteiger partial charge on any atom is 0.0221 e. The minimum Gasteiger partial charge on any atom is -0.312 e. The van der Waals surface area contributed by atoms with Gasteiger partial charge in [-0.05, 0) is 31.8 Å². The third-order valence-electron chi connectivity index (χ3n) is 3.08. The fourth-order valence-corrected chi connectivity index (χ4v) is 2.18. The molecular formula is C12H24N2. The molecule has 0 amide bonds. The minimum atomic E-state index is 0.696. The van der Waals surface area contributed by atoms with Gasteiger partial charge in [-0.3, -0.25) is 4.90 Å². The van der Waals surface area contributed by atoms with Crippen LogP contribution in [-0.2, 0) is 0 Å². The fraction of sp³-hybridized carbons (Fsp3) is 0.833. The predicted molar refractivity (Wildman–Crippen MR) is 62.5 cm³/mol. The molecule has 0 saturated carbocycles. The van der Waals surface area contributed by atoms with Gasteiger partial charge >= 0.3 is 0 Å². The smallest absolute Gasteiger partial charge is 0.0221 e. The first-order chi connectivity index (χ1) is 6.77. The van der Waals surface area contributed by atoms with Crippen molar-refractivity contribution < 1.29 is 0 Å². The molecule has 0 aliphatic carbocycles. The predicted octanol–water partition coefficient (Wildman–Crippen LogP) is 1.88. The van der Waals surface area contributed by atoms with Gasteiger partial charge in [-0.1, -0.05) is 19.9 Å². The molecule has 2 heteroatoms. The van der Waals surface area contributed by atoms with E-state index >= 15 is 0 Å². The molecule has 2 nitrogen and oxygen atoms in total. The molecule has 1 saturated heterocycles. The maximum absolute atomic E-state index is 3.81. The van der Waals surface area contributed by atoms with Crippen LogP contribution in [0.4, 0.5) is 0 Å². The van der Waals surface area contributed by atoms with Crippen LogP contribution in [0, 0.1) is 5.92 Å². The number of rotatable bonds is 6. The highest BCUT2D eigenvalue weighted by molar-refractivity contribution is 4.85. The summed E-state index contributed by atoms with van der Waals surface area (Å²) in [6, 6.07) is 0.696. The molecule has 0 aromatic carbocycles. The van der Waals surface area contributed by atoms with E-state index < -0.39 is 0 Å². The van der Waals surface area contributed by atoms with Crippen LogP contribution in [-0.4, -0.2) is 37.1 Å². The second-order valence-electron chi connectivity index (χ2n) is 4.37. The summed E-state index contributed by atoms with van der Waals surface area (Å²) in [5, 5.41) is 3.58. The summed E-state index contributed by atoms with van der Waals surface area (Å²) >= 11 is 0. The lowest BCUT2D eigenvalue weighted by atomic mass is 10.0. The Hall–Kier alpha value is -0.340. The van der Waals surface area contributed by atoms with Gasteiger partial charge in [0.25, 0.3) is 0 Å². The molecule has 0 bridgehead atoms. The average molecular weight is 196 g/mol. The van der Waals surface area contributed by atoms with E-state index in [1.54, 1.807) is 0 Å². The van der Waals surface area contributed by atoms with Gasteiger partial charge in [0.15, 0.2) is 0 Å². The molecule has 1 fully saturated rings. The summed E-state index contributed by atoms with van der Waals surface area (Å²) in [6.07, 6.45) is 4.57. The Morgan fingerprint density at radius 1 is 1.57 bits per heavy atom. The van der Waals surface area contributed by atoms with Gasteiger partial charge in [0.1, 0.15) is 0 Å². The van der Waals surface area contributed by atoms with E-state index in [9.17, 15) is 0 Å². The second-order valence-corrected chi connectivity index (χ2v) is 4.37. The van der Waals surface area contributed by atoms with Gasteiger partial charge in [-0.15, -0.1) is 6.58 Å². The van der Waals surface area contributed by atoms with Crippen LogP contribution >= 0.6 is 0 Å². The molecule has 1 rings (SSSR count). The van der Waals surface area contributed by atoms with E-state index in [1.165, 1.54) is 32.5 Å². The Morgan fingerprint density at radius 2 is 2.36 bits per heavy atom. The van der Waals surface area contributed by atoms with Crippen molar-refractivity contribution in [2.75, 3.05) is 26.2 Å². The van der Waals surface area contributed by atoms with Crippen LogP contribution in [0.5, 0.6) is 0 Å². The topological polar surface area (TPSA) is 15.3 Å². The number of nitrogens with zero attached hydrogens (tertiary/aromatic N) is 1. The molecule has 14 heavy (non-hydrogen) atoms. The molecule has 1 aliphatic rings. The van der Waals surface area contributed by atoms with Crippen molar-refractivity contribution in [3.63, 3.8) is 0 Å². The third kappa shape index (κ3) is 3.43. The molecule has 1 aliphatic heterocycles. The number of hydrogen-bond donors (Lipinski definition) is 1. The highest BCUT2D eigenvalue weighted by atomic mass is 15.1. The quantitative estimate of drug-likeness (QED) is 0.653. The minimum absolute atomic E-state index is 0.696. The van der Waals surface area contributed by atoms with Crippen molar-refractivity contribution in [2.45, 2.75) is 32.7 Å². The van der Waals surface area contributed by atoms with Crippen molar-refractivity contribution in [2.24, 2.45) is 5.92 Å². The number of hydrogen-bond acceptors (Lipinski definition) is 2. The van der Waals surface area contributed by atoms with Crippen molar-refractivity contribution >= 4 is 0 Å². The first-order valence-corrected chi connectivity index (χ1v) is 5.84. The molecular weight excluding hydrogens is 172 g/mol. The van der Waals surface area contributed by atoms with Crippen LogP contribution in [0.15, 0.2) is 12.7 Å². The zero-order valence-corrected chi connectivity index (χ0v) is 9.63. The van der Waals surface area contributed by atoms with Crippen molar-refractivity contribution in [1.82, 2.24) is 10.2 Å². The summed E-state index contributed by atoms with van der Waals surface area (Å²) in [5.74, 6) is 0.833. The second kappa shape index (κ2) is 6.20. The SMILES string of the molecule is C=CCN(CCC)CC1NCCC1C. The molecule has 0 spiro atoms. The monoisotopic (exact) mass is 196 g/mol. The van der Waals surface area contributed by atoms with Crippen molar-refractivity contribution in [3.8, 4) is 0 Å². The van der Waals surface area contributed by atoms with Crippen molar-refractivity contribution in [1.29, 1.82) is 0 Å². The first kappa shape index (κ1) is 11.7. The lowest BCUT2D eigenvalue weighted by molar-refractivity contribution is 0.255. The maximum atomic E-state index is 3.81. The van der Waals surface area contributed by atoms with Crippen LogP contribution in [0.25, 0.3) is 0 Å². The Balaban J connectivity index is 2.33. The highest BCUT2D eigenvalue weighted by Crippen LogP contribution is 2.15. The van der Waals surface area contributed by atoms with Gasteiger partial charge in [0.2, 0.25) is 0 Å². The van der Waals surface area contributed by atoms with Crippen molar-refractivity contribution in [3.05, 3.63) is 12.7 Å². The highest BCUT2D eigenvalue weighted by Gasteiger charge is 2.23. The van der Waals surface area contributed by atoms with Crippen LogP contribution in [0.1, 0.15) is 26.7 Å². The Kier molecular flexibility index (Phi) is 5.20. The lowest BCUT2D eigenvalue weighted by Crippen LogP contribution is -2.40. The molecule has 1 N–H and O–H groups in total. The molecule has 2 atom stereocenters. The van der Waals surface area contributed by atoms with E-state index in [2.05, 4.69) is 30.6 Å². The summed E-state index contributed by atoms with van der Waals surface area (Å²) in [7, 11) is 0. The summed E-state index contributed by atoms with van der Waals surface area (Å²) in [4.78, 5) is 2.49. The Morgan fingerprint density at radius 3 is 2.86 bits per heavy atom. The van der Waals surface area contributed by atoms with Gasteiger partial charge in [0, 0.05) is 19.1 Å². The zero-order chi connectivity index (χ0) is 10.4. The molecule has 0 aromatic rings. The van der Waals surface area contributed by atoms with E-state index in [0.29, 0.717) is 6.04 Å². The molecule has 1 heterocycles. The van der Waals surface area contributed by atoms with E-state index in [1.807, 2.05) is 6.08 Å². The van der Waals surface area contributed by atoms with Gasteiger partial charge in [0.05, 0.1) is 0 Å². The summed E-state index contributed by atoms with van der Waals surface area (Å²) in [6.45, 7) is 13.0. The van der Waals surface area contributed by atoms with E-state index in [0.717, 1.165) is 12.5 Å². The molecule has 0 aromatic heterocycles. The number of nitrogens with one attached hydrogen (secondary N) is 1. The molecule has 82 valence electrons. The Bertz CT molecular complexity index is 168. The standard InChI is InChI=1S/C12H24N2/c1-4-8-14(9-5-2)10-12-11(3)6-7-13-12/h4,11-13H,1,5-10H2,2-3H3. The Labute approximate surface area is 88.4 Å². The zero-order valence-electron chi connectivity index (χ0n) is 9.63. The van der Waals surface area contributed by atoms with Crippen LogP contribution in [0.3, 0.4) is 0 Å². The molecule has 0 radical (unpaired) electrons. The van der Waals surface area contributed by atoms with Gasteiger partial charge < -0.3 is 5.32 Å². The van der Waals surface area contributed by atoms with Gasteiger partial charge in [-0.2, -0.15) is 0 Å². The van der Waals surface area contributed by atoms with E-state index in [4.69, 9.17) is 0 Å². The van der Waals surface area contributed by atoms with E-state index in [-0.39, 0.29) is 0 Å².